The first kappa shape index (κ1) is 26.2. The first-order chi connectivity index (χ1) is 16.6. The van der Waals surface area contributed by atoms with Crippen LogP contribution in [-0.4, -0.2) is 35.1 Å². The Hall–Kier alpha value is -3.36. The minimum Gasteiger partial charge on any atom is -0.444 e. The summed E-state index contributed by atoms with van der Waals surface area (Å²) >= 11 is 6.48. The largest absolute Gasteiger partial charge is 0.444 e. The zero-order valence-electron chi connectivity index (χ0n) is 20.4. The molecule has 35 heavy (non-hydrogen) atoms. The van der Waals surface area contributed by atoms with Crippen LogP contribution >= 0.6 is 11.6 Å². The van der Waals surface area contributed by atoms with Crippen molar-refractivity contribution in [1.82, 2.24) is 10.1 Å². The van der Waals surface area contributed by atoms with Gasteiger partial charge in [0.05, 0.1) is 5.69 Å². The molecule has 186 valence electrons. The van der Waals surface area contributed by atoms with Gasteiger partial charge in [-0.15, -0.1) is 0 Å². The monoisotopic (exact) mass is 498 g/mol. The summed E-state index contributed by atoms with van der Waals surface area (Å²) < 4.78 is 10.5. The molecule has 0 aliphatic carbocycles. The van der Waals surface area contributed by atoms with Crippen molar-refractivity contribution in [3.63, 3.8) is 0 Å². The van der Waals surface area contributed by atoms with Crippen LogP contribution in [0.3, 0.4) is 0 Å². The molecule has 3 rings (SSSR count). The Balaban J connectivity index is 1.78. The Morgan fingerprint density at radius 3 is 2.51 bits per heavy atom. The van der Waals surface area contributed by atoms with Crippen LogP contribution in [0.4, 0.5) is 10.5 Å². The summed E-state index contributed by atoms with van der Waals surface area (Å²) in [6.45, 7) is 8.56. The second-order valence-electron chi connectivity index (χ2n) is 9.22. The normalized spacial score (nSPS) is 11.3. The zero-order chi connectivity index (χ0) is 25.6. The molecule has 0 saturated carbocycles. The summed E-state index contributed by atoms with van der Waals surface area (Å²) in [6.07, 6.45) is -0.588. The molecule has 3 N–H and O–H groups in total. The molecular formula is C26H31ClN4O4. The molecule has 0 unspecified atom stereocenters. The number of ether oxygens (including phenoxy) is 1. The molecular weight excluding hydrogens is 468 g/mol. The van der Waals surface area contributed by atoms with E-state index < -0.39 is 6.09 Å². The molecule has 0 aliphatic rings. The number of benzene rings is 2. The van der Waals surface area contributed by atoms with Crippen molar-refractivity contribution < 1.29 is 18.8 Å². The second kappa shape index (κ2) is 11.4. The number of carbonyl (C=O) groups excluding carboxylic acids is 2. The average molecular weight is 499 g/mol. The zero-order valence-corrected chi connectivity index (χ0v) is 21.2. The quantitative estimate of drug-likeness (QED) is 0.413. The lowest BCUT2D eigenvalue weighted by atomic mass is 9.92. The predicted molar refractivity (Wildman–Crippen MR) is 135 cm³/mol. The van der Waals surface area contributed by atoms with E-state index in [1.165, 1.54) is 0 Å². The van der Waals surface area contributed by atoms with Gasteiger partial charge in [0.1, 0.15) is 17.9 Å². The Morgan fingerprint density at radius 2 is 1.89 bits per heavy atom. The van der Waals surface area contributed by atoms with E-state index in [0.717, 1.165) is 5.56 Å². The number of amides is 2. The highest BCUT2D eigenvalue weighted by Gasteiger charge is 2.29. The summed E-state index contributed by atoms with van der Waals surface area (Å²) in [5, 5.41) is 7.10. The van der Waals surface area contributed by atoms with Crippen molar-refractivity contribution in [2.75, 3.05) is 18.4 Å². The SMILES string of the molecule is Cc1noc(C)c1C(=O)N(Cc1cc(NC(=O)OCc2ccccc2)ccc1Cl)CC(C)(C)CN. The van der Waals surface area contributed by atoms with E-state index in [4.69, 9.17) is 26.6 Å². The standard InChI is InChI=1S/C26H31ClN4O4/c1-17-23(18(2)35-30-17)24(32)31(16-26(3,4)15-28)13-20-12-21(10-11-22(20)27)29-25(33)34-14-19-8-6-5-7-9-19/h5-12H,13-16,28H2,1-4H3,(H,29,33). The molecule has 0 bridgehead atoms. The summed E-state index contributed by atoms with van der Waals surface area (Å²) in [7, 11) is 0. The van der Waals surface area contributed by atoms with Crippen LogP contribution in [0.2, 0.25) is 5.02 Å². The van der Waals surface area contributed by atoms with Crippen LogP contribution in [0.25, 0.3) is 0 Å². The van der Waals surface area contributed by atoms with Crippen LogP contribution in [0.1, 0.15) is 46.8 Å². The van der Waals surface area contributed by atoms with Crippen molar-refractivity contribution in [3.8, 4) is 0 Å². The van der Waals surface area contributed by atoms with E-state index in [9.17, 15) is 9.59 Å². The van der Waals surface area contributed by atoms with Crippen LogP contribution in [0.5, 0.6) is 0 Å². The number of hydrogen-bond acceptors (Lipinski definition) is 6. The highest BCUT2D eigenvalue weighted by molar-refractivity contribution is 6.31. The molecule has 1 aromatic heterocycles. The number of halogens is 1. The Morgan fingerprint density at radius 1 is 1.17 bits per heavy atom. The highest BCUT2D eigenvalue weighted by atomic mass is 35.5. The van der Waals surface area contributed by atoms with Gasteiger partial charge in [-0.25, -0.2) is 4.79 Å². The van der Waals surface area contributed by atoms with Gasteiger partial charge in [0.25, 0.3) is 5.91 Å². The fourth-order valence-electron chi connectivity index (χ4n) is 3.58. The van der Waals surface area contributed by atoms with Gasteiger partial charge < -0.3 is 19.9 Å². The van der Waals surface area contributed by atoms with Crippen molar-refractivity contribution >= 4 is 29.3 Å². The van der Waals surface area contributed by atoms with Crippen molar-refractivity contribution in [2.24, 2.45) is 11.1 Å². The lowest BCUT2D eigenvalue weighted by Gasteiger charge is -2.32. The van der Waals surface area contributed by atoms with Crippen LogP contribution < -0.4 is 11.1 Å². The number of hydrogen-bond donors (Lipinski definition) is 2. The topological polar surface area (TPSA) is 111 Å². The molecule has 1 heterocycles. The predicted octanol–water partition coefficient (Wildman–Crippen LogP) is 5.32. The minimum absolute atomic E-state index is 0.154. The number of aromatic nitrogens is 1. The van der Waals surface area contributed by atoms with Gasteiger partial charge in [0, 0.05) is 23.8 Å². The third-order valence-electron chi connectivity index (χ3n) is 5.57. The summed E-state index contributed by atoms with van der Waals surface area (Å²) in [4.78, 5) is 27.5. The number of nitrogens with zero attached hydrogens (tertiary/aromatic N) is 2. The van der Waals surface area contributed by atoms with Crippen LogP contribution in [0.15, 0.2) is 53.1 Å². The first-order valence-corrected chi connectivity index (χ1v) is 11.7. The Labute approximate surface area is 210 Å². The first-order valence-electron chi connectivity index (χ1n) is 11.3. The van der Waals surface area contributed by atoms with E-state index in [0.29, 0.717) is 46.4 Å². The fourth-order valence-corrected chi connectivity index (χ4v) is 3.76. The molecule has 2 amide bonds. The average Bonchev–Trinajstić information content (AvgIpc) is 3.17. The minimum atomic E-state index is -0.588. The van der Waals surface area contributed by atoms with Crippen molar-refractivity contribution in [2.45, 2.75) is 40.8 Å². The van der Waals surface area contributed by atoms with Gasteiger partial charge in [-0.3, -0.25) is 10.1 Å². The molecule has 0 atom stereocenters. The van der Waals surface area contributed by atoms with Gasteiger partial charge in [-0.05, 0) is 55.1 Å². The van der Waals surface area contributed by atoms with Gasteiger partial charge in [0.15, 0.2) is 0 Å². The molecule has 0 aliphatic heterocycles. The Bertz CT molecular complexity index is 1160. The van der Waals surface area contributed by atoms with E-state index in [1.54, 1.807) is 36.9 Å². The molecule has 8 nitrogen and oxygen atoms in total. The molecule has 0 fully saturated rings. The lowest BCUT2D eigenvalue weighted by molar-refractivity contribution is 0.0671. The van der Waals surface area contributed by atoms with Crippen molar-refractivity contribution in [3.05, 3.63) is 81.7 Å². The van der Waals surface area contributed by atoms with Gasteiger partial charge in [0.2, 0.25) is 0 Å². The highest BCUT2D eigenvalue weighted by Crippen LogP contribution is 2.26. The second-order valence-corrected chi connectivity index (χ2v) is 9.63. The molecule has 2 aromatic carbocycles. The van der Waals surface area contributed by atoms with Crippen LogP contribution in [0, 0.1) is 19.3 Å². The van der Waals surface area contributed by atoms with Gasteiger partial charge in [-0.1, -0.05) is 60.9 Å². The van der Waals surface area contributed by atoms with E-state index in [2.05, 4.69) is 10.5 Å². The number of aryl methyl sites for hydroxylation is 2. The summed E-state index contributed by atoms with van der Waals surface area (Å²) in [5.41, 5.74) is 8.61. The van der Waals surface area contributed by atoms with Crippen molar-refractivity contribution in [1.29, 1.82) is 0 Å². The molecule has 0 saturated heterocycles. The number of anilines is 1. The third-order valence-corrected chi connectivity index (χ3v) is 5.94. The summed E-state index contributed by atoms with van der Waals surface area (Å²) in [6, 6.07) is 14.5. The summed E-state index contributed by atoms with van der Waals surface area (Å²) in [5.74, 6) is 0.227. The molecule has 0 radical (unpaired) electrons. The maximum absolute atomic E-state index is 13.5. The Kier molecular flexibility index (Phi) is 8.53. The number of nitrogens with one attached hydrogen (secondary N) is 1. The van der Waals surface area contributed by atoms with Gasteiger partial charge >= 0.3 is 6.09 Å². The number of carbonyl (C=O) groups is 2. The van der Waals surface area contributed by atoms with E-state index in [1.807, 2.05) is 44.2 Å². The fraction of sp³-hybridized carbons (Fsp3) is 0.346. The molecule has 3 aromatic rings. The lowest BCUT2D eigenvalue weighted by Crippen LogP contribution is -2.42. The number of rotatable bonds is 9. The maximum atomic E-state index is 13.5. The smallest absolute Gasteiger partial charge is 0.411 e. The number of nitrogens with two attached hydrogens (primary N) is 1. The molecule has 0 spiro atoms. The van der Waals surface area contributed by atoms with Crippen LogP contribution in [-0.2, 0) is 17.9 Å². The molecule has 9 heteroatoms. The van der Waals surface area contributed by atoms with E-state index >= 15 is 0 Å². The third kappa shape index (κ3) is 7.07. The maximum Gasteiger partial charge on any atom is 0.411 e. The van der Waals surface area contributed by atoms with E-state index in [-0.39, 0.29) is 24.5 Å². The van der Waals surface area contributed by atoms with Gasteiger partial charge in [-0.2, -0.15) is 0 Å².